The van der Waals surface area contributed by atoms with E-state index in [1.54, 1.807) is 17.0 Å². The number of hydrogen-bond acceptors (Lipinski definition) is 7. The predicted molar refractivity (Wildman–Crippen MR) is 89.6 cm³/mol. The zero-order chi connectivity index (χ0) is 17.4. The van der Waals surface area contributed by atoms with Gasteiger partial charge in [-0.05, 0) is 25.1 Å². The van der Waals surface area contributed by atoms with Gasteiger partial charge in [-0.1, -0.05) is 0 Å². The van der Waals surface area contributed by atoms with E-state index >= 15 is 0 Å². The van der Waals surface area contributed by atoms with E-state index in [0.717, 1.165) is 0 Å². The van der Waals surface area contributed by atoms with Crippen molar-refractivity contribution >= 4 is 23.1 Å². The van der Waals surface area contributed by atoms with Gasteiger partial charge in [-0.2, -0.15) is 4.98 Å². The minimum atomic E-state index is -2.85. The van der Waals surface area contributed by atoms with Gasteiger partial charge in [0, 0.05) is 6.20 Å². The molecule has 2 aliphatic heterocycles. The van der Waals surface area contributed by atoms with Gasteiger partial charge in [-0.15, -0.1) is 0 Å². The SMILES string of the molecule is O=c1[nH]cccc1Nc1ncc2c(n1)N(C1CCNCC1(F)F)CN2. The monoisotopic (exact) mass is 349 g/mol. The number of nitrogens with zero attached hydrogens (tertiary/aromatic N) is 3. The van der Waals surface area contributed by atoms with Gasteiger partial charge in [0.15, 0.2) is 5.82 Å². The van der Waals surface area contributed by atoms with E-state index in [2.05, 4.69) is 30.9 Å². The van der Waals surface area contributed by atoms with Crippen molar-refractivity contribution in [2.45, 2.75) is 18.4 Å². The first-order chi connectivity index (χ1) is 12.0. The van der Waals surface area contributed by atoms with Gasteiger partial charge in [0.2, 0.25) is 5.95 Å². The molecule has 4 rings (SSSR count). The summed E-state index contributed by atoms with van der Waals surface area (Å²) in [6, 6.07) is 2.32. The number of hydrogen-bond donors (Lipinski definition) is 4. The molecule has 2 aromatic rings. The molecule has 10 heteroatoms. The van der Waals surface area contributed by atoms with Gasteiger partial charge in [0.1, 0.15) is 5.69 Å². The van der Waals surface area contributed by atoms with Crippen molar-refractivity contribution in [3.05, 3.63) is 34.9 Å². The molecule has 1 atom stereocenters. The lowest BCUT2D eigenvalue weighted by Crippen LogP contribution is -2.57. The Balaban J connectivity index is 1.63. The van der Waals surface area contributed by atoms with Gasteiger partial charge >= 0.3 is 0 Å². The molecule has 2 aromatic heterocycles. The summed E-state index contributed by atoms with van der Waals surface area (Å²) in [4.78, 5) is 24.3. The third-order valence-corrected chi connectivity index (χ3v) is 4.36. The number of piperidine rings is 1. The first-order valence-corrected chi connectivity index (χ1v) is 7.95. The quantitative estimate of drug-likeness (QED) is 0.659. The van der Waals surface area contributed by atoms with Crippen LogP contribution in [-0.2, 0) is 0 Å². The van der Waals surface area contributed by atoms with Crippen LogP contribution in [-0.4, -0.2) is 46.7 Å². The zero-order valence-electron chi connectivity index (χ0n) is 13.2. The Hall–Kier alpha value is -2.75. The predicted octanol–water partition coefficient (Wildman–Crippen LogP) is 1.10. The molecule has 0 spiro atoms. The second-order valence-corrected chi connectivity index (χ2v) is 6.02. The van der Waals surface area contributed by atoms with E-state index in [1.807, 2.05) is 0 Å². The van der Waals surface area contributed by atoms with E-state index < -0.39 is 12.0 Å². The van der Waals surface area contributed by atoms with E-state index in [9.17, 15) is 13.6 Å². The van der Waals surface area contributed by atoms with Crippen LogP contribution in [0.25, 0.3) is 0 Å². The highest BCUT2D eigenvalue weighted by Gasteiger charge is 2.47. The highest BCUT2D eigenvalue weighted by atomic mass is 19.3. The number of aromatic amines is 1. The third-order valence-electron chi connectivity index (χ3n) is 4.36. The van der Waals surface area contributed by atoms with Gasteiger partial charge in [-0.25, -0.2) is 13.8 Å². The van der Waals surface area contributed by atoms with Crippen molar-refractivity contribution in [3.63, 3.8) is 0 Å². The molecule has 2 aliphatic rings. The van der Waals surface area contributed by atoms with E-state index in [0.29, 0.717) is 24.5 Å². The molecule has 1 fully saturated rings. The summed E-state index contributed by atoms with van der Waals surface area (Å²) in [5.74, 6) is -2.26. The topological polar surface area (TPSA) is 98.0 Å². The molecule has 4 N–H and O–H groups in total. The molecular formula is C15H17F2N7O. The maximum absolute atomic E-state index is 14.3. The van der Waals surface area contributed by atoms with Crippen molar-refractivity contribution in [2.24, 2.45) is 0 Å². The lowest BCUT2D eigenvalue weighted by molar-refractivity contribution is -0.0409. The molecule has 1 saturated heterocycles. The molecule has 8 nitrogen and oxygen atoms in total. The molecule has 0 aliphatic carbocycles. The van der Waals surface area contributed by atoms with Crippen LogP contribution < -0.4 is 26.4 Å². The maximum Gasteiger partial charge on any atom is 0.280 e. The van der Waals surface area contributed by atoms with Gasteiger partial charge < -0.3 is 25.8 Å². The van der Waals surface area contributed by atoms with Crippen molar-refractivity contribution in [1.29, 1.82) is 0 Å². The van der Waals surface area contributed by atoms with E-state index in [1.165, 1.54) is 12.4 Å². The van der Waals surface area contributed by atoms with Gasteiger partial charge in [0.05, 0.1) is 31.1 Å². The fourth-order valence-corrected chi connectivity index (χ4v) is 3.13. The van der Waals surface area contributed by atoms with Crippen LogP contribution in [0.2, 0.25) is 0 Å². The minimum Gasteiger partial charge on any atom is -0.363 e. The van der Waals surface area contributed by atoms with Crippen LogP contribution in [0.1, 0.15) is 6.42 Å². The number of alkyl halides is 2. The van der Waals surface area contributed by atoms with Crippen LogP contribution >= 0.6 is 0 Å². The highest BCUT2D eigenvalue weighted by molar-refractivity contribution is 5.72. The molecular weight excluding hydrogens is 332 g/mol. The largest absolute Gasteiger partial charge is 0.363 e. The summed E-state index contributed by atoms with van der Waals surface area (Å²) in [5, 5.41) is 8.59. The standard InChI is InChI=1S/C15H17F2N7O/c16-15(17)7-18-5-3-11(15)24-8-21-10-6-20-14(23-12(10)24)22-9-2-1-4-19-13(9)25/h1-2,4,6,11,18,21H,3,5,7-8H2,(H,19,25)(H,20,22,23). The second kappa shape index (κ2) is 5.96. The molecule has 25 heavy (non-hydrogen) atoms. The number of halogens is 2. The van der Waals surface area contributed by atoms with Crippen LogP contribution in [0.4, 0.5) is 31.9 Å². The third kappa shape index (κ3) is 2.88. The lowest BCUT2D eigenvalue weighted by Gasteiger charge is -2.38. The smallest absolute Gasteiger partial charge is 0.280 e. The summed E-state index contributed by atoms with van der Waals surface area (Å²) >= 11 is 0. The molecule has 132 valence electrons. The fraction of sp³-hybridized carbons (Fsp3) is 0.400. The highest BCUT2D eigenvalue weighted by Crippen LogP contribution is 2.37. The number of H-pyrrole nitrogens is 1. The van der Waals surface area contributed by atoms with E-state index in [-0.39, 0.29) is 30.4 Å². The molecule has 4 heterocycles. The van der Waals surface area contributed by atoms with E-state index in [4.69, 9.17) is 0 Å². The minimum absolute atomic E-state index is 0.182. The number of pyridine rings is 1. The maximum atomic E-state index is 14.3. The normalized spacial score (nSPS) is 21.5. The van der Waals surface area contributed by atoms with Crippen molar-refractivity contribution in [2.75, 3.05) is 35.3 Å². The Bertz CT molecular complexity index is 841. The number of aromatic nitrogens is 3. The lowest BCUT2D eigenvalue weighted by atomic mass is 10.0. The van der Waals surface area contributed by atoms with Crippen molar-refractivity contribution in [3.8, 4) is 0 Å². The molecule has 0 saturated carbocycles. The zero-order valence-corrected chi connectivity index (χ0v) is 13.2. The van der Waals surface area contributed by atoms with Crippen LogP contribution in [0, 0.1) is 0 Å². The summed E-state index contributed by atoms with van der Waals surface area (Å²) in [6.07, 6.45) is 3.36. The Morgan fingerprint density at radius 1 is 1.40 bits per heavy atom. The average molecular weight is 349 g/mol. The Labute approximate surface area is 141 Å². The van der Waals surface area contributed by atoms with Crippen LogP contribution in [0.3, 0.4) is 0 Å². The first kappa shape index (κ1) is 15.8. The summed E-state index contributed by atoms with van der Waals surface area (Å²) in [5.41, 5.74) is 0.570. The fourth-order valence-electron chi connectivity index (χ4n) is 3.13. The van der Waals surface area contributed by atoms with Crippen LogP contribution in [0.15, 0.2) is 29.3 Å². The van der Waals surface area contributed by atoms with Crippen LogP contribution in [0.5, 0.6) is 0 Å². The average Bonchev–Trinajstić information content (AvgIpc) is 2.99. The molecule has 0 radical (unpaired) electrons. The number of nitrogens with one attached hydrogen (secondary N) is 4. The van der Waals surface area contributed by atoms with Crippen molar-refractivity contribution < 1.29 is 8.78 Å². The van der Waals surface area contributed by atoms with Crippen molar-refractivity contribution in [1.82, 2.24) is 20.3 Å². The molecule has 0 bridgehead atoms. The molecule has 1 unspecified atom stereocenters. The Morgan fingerprint density at radius 2 is 2.28 bits per heavy atom. The van der Waals surface area contributed by atoms with Gasteiger partial charge in [0.25, 0.3) is 11.5 Å². The summed E-state index contributed by atoms with van der Waals surface area (Å²) < 4.78 is 28.6. The first-order valence-electron chi connectivity index (χ1n) is 7.95. The molecule has 0 amide bonds. The summed E-state index contributed by atoms with van der Waals surface area (Å²) in [6.45, 7) is 0.431. The number of fused-ring (bicyclic) bond motifs is 1. The second-order valence-electron chi connectivity index (χ2n) is 6.02. The Morgan fingerprint density at radius 3 is 3.08 bits per heavy atom. The summed E-state index contributed by atoms with van der Waals surface area (Å²) in [7, 11) is 0. The Kier molecular flexibility index (Phi) is 3.75. The van der Waals surface area contributed by atoms with Gasteiger partial charge in [-0.3, -0.25) is 4.79 Å². The molecule has 0 aromatic carbocycles. The number of anilines is 4. The number of rotatable bonds is 3.